The largest absolute Gasteiger partial charge is 0.326 e. The fourth-order valence-electron chi connectivity index (χ4n) is 2.13. The van der Waals surface area contributed by atoms with Gasteiger partial charge >= 0.3 is 0 Å². The molecule has 0 aromatic heterocycles. The van der Waals surface area contributed by atoms with E-state index in [-0.39, 0.29) is 23.0 Å². The molecule has 6 heteroatoms. The van der Waals surface area contributed by atoms with Crippen LogP contribution in [0.4, 0.5) is 4.39 Å². The number of hydrogen-bond donors (Lipinski definition) is 1. The lowest BCUT2D eigenvalue weighted by Gasteiger charge is -2.24. The van der Waals surface area contributed by atoms with Gasteiger partial charge in [-0.25, -0.2) is 12.8 Å². The van der Waals surface area contributed by atoms with Gasteiger partial charge in [0.05, 0.1) is 4.90 Å². The van der Waals surface area contributed by atoms with Gasteiger partial charge in [-0.2, -0.15) is 4.31 Å². The minimum absolute atomic E-state index is 0.0168. The summed E-state index contributed by atoms with van der Waals surface area (Å²) in [4.78, 5) is 0.101. The third kappa shape index (κ3) is 2.80. The monoisotopic (exact) mass is 286 g/mol. The molecule has 2 N–H and O–H groups in total. The Morgan fingerprint density at radius 3 is 2.63 bits per heavy atom. The van der Waals surface area contributed by atoms with Crippen molar-refractivity contribution in [3.8, 4) is 0 Å². The van der Waals surface area contributed by atoms with Crippen molar-refractivity contribution in [3.05, 3.63) is 29.6 Å². The first-order valence-corrected chi connectivity index (χ1v) is 7.78. The second kappa shape index (κ2) is 5.19. The number of nitrogens with zero attached hydrogens (tertiary/aromatic N) is 1. The first kappa shape index (κ1) is 14.4. The summed E-state index contributed by atoms with van der Waals surface area (Å²) in [6, 6.07) is 3.74. The van der Waals surface area contributed by atoms with E-state index in [9.17, 15) is 12.8 Å². The Morgan fingerprint density at radius 2 is 2.11 bits per heavy atom. The summed E-state index contributed by atoms with van der Waals surface area (Å²) in [5.41, 5.74) is 5.62. The van der Waals surface area contributed by atoms with Crippen molar-refractivity contribution >= 4 is 10.0 Å². The van der Waals surface area contributed by atoms with Gasteiger partial charge in [0.15, 0.2) is 0 Å². The molecule has 0 bridgehead atoms. The molecule has 106 valence electrons. The smallest absolute Gasteiger partial charge is 0.243 e. The van der Waals surface area contributed by atoms with E-state index >= 15 is 0 Å². The van der Waals surface area contributed by atoms with E-state index in [4.69, 9.17) is 5.73 Å². The Labute approximate surface area is 113 Å². The molecule has 4 nitrogen and oxygen atoms in total. The molecular formula is C13H19FN2O2S. The van der Waals surface area contributed by atoms with Crippen LogP contribution in [-0.2, 0) is 16.6 Å². The normalized spacial score (nSPS) is 17.7. The van der Waals surface area contributed by atoms with Crippen molar-refractivity contribution in [1.82, 2.24) is 4.31 Å². The SMILES string of the molecule is CC(C1CC1)N(C)S(=O)(=O)c1ccc(F)c(CN)c1. The van der Waals surface area contributed by atoms with E-state index in [0.29, 0.717) is 5.92 Å². The molecule has 2 rings (SSSR count). The molecule has 1 aromatic carbocycles. The molecule has 1 unspecified atom stereocenters. The van der Waals surface area contributed by atoms with Crippen molar-refractivity contribution < 1.29 is 12.8 Å². The number of sulfonamides is 1. The molecule has 0 saturated heterocycles. The van der Waals surface area contributed by atoms with Gasteiger partial charge in [-0.3, -0.25) is 0 Å². The topological polar surface area (TPSA) is 63.4 Å². The number of hydrogen-bond acceptors (Lipinski definition) is 3. The van der Waals surface area contributed by atoms with E-state index in [2.05, 4.69) is 0 Å². The van der Waals surface area contributed by atoms with Crippen LogP contribution in [0.3, 0.4) is 0 Å². The van der Waals surface area contributed by atoms with Gasteiger partial charge in [-0.05, 0) is 43.9 Å². The van der Waals surface area contributed by atoms with Crippen LogP contribution in [0.1, 0.15) is 25.3 Å². The van der Waals surface area contributed by atoms with Gasteiger partial charge in [0.1, 0.15) is 5.82 Å². The highest BCUT2D eigenvalue weighted by Crippen LogP contribution is 2.36. The number of rotatable bonds is 5. The Hall–Kier alpha value is -0.980. The van der Waals surface area contributed by atoms with Crippen LogP contribution >= 0.6 is 0 Å². The van der Waals surface area contributed by atoms with E-state index in [0.717, 1.165) is 18.9 Å². The first-order chi connectivity index (χ1) is 8.87. The summed E-state index contributed by atoms with van der Waals surface area (Å²) in [7, 11) is -2.01. The molecule has 1 aliphatic rings. The fourth-order valence-corrected chi connectivity index (χ4v) is 3.60. The third-order valence-corrected chi connectivity index (χ3v) is 5.73. The molecule has 1 aliphatic carbocycles. The summed E-state index contributed by atoms with van der Waals surface area (Å²) in [6.45, 7) is 1.89. The van der Waals surface area contributed by atoms with Crippen LogP contribution in [0, 0.1) is 11.7 Å². The Morgan fingerprint density at radius 1 is 1.47 bits per heavy atom. The predicted molar refractivity (Wildman–Crippen MR) is 71.4 cm³/mol. The van der Waals surface area contributed by atoms with Gasteiger partial charge in [0.2, 0.25) is 10.0 Å². The maximum atomic E-state index is 13.4. The average molecular weight is 286 g/mol. The molecular weight excluding hydrogens is 267 g/mol. The minimum Gasteiger partial charge on any atom is -0.326 e. The average Bonchev–Trinajstić information content (AvgIpc) is 3.21. The summed E-state index contributed by atoms with van der Waals surface area (Å²) < 4.78 is 39.6. The molecule has 0 spiro atoms. The quantitative estimate of drug-likeness (QED) is 0.896. The fraction of sp³-hybridized carbons (Fsp3) is 0.538. The van der Waals surface area contributed by atoms with Crippen LogP contribution in [-0.4, -0.2) is 25.8 Å². The van der Waals surface area contributed by atoms with Crippen LogP contribution in [0.25, 0.3) is 0 Å². The first-order valence-electron chi connectivity index (χ1n) is 6.34. The van der Waals surface area contributed by atoms with Crippen molar-refractivity contribution in [1.29, 1.82) is 0 Å². The summed E-state index contributed by atoms with van der Waals surface area (Å²) in [5.74, 6) is -0.0338. The molecule has 0 amide bonds. The highest BCUT2D eigenvalue weighted by Gasteiger charge is 2.36. The van der Waals surface area contributed by atoms with Crippen molar-refractivity contribution in [2.75, 3.05) is 7.05 Å². The molecule has 19 heavy (non-hydrogen) atoms. The zero-order valence-electron chi connectivity index (χ0n) is 11.1. The third-order valence-electron chi connectivity index (χ3n) is 3.79. The molecule has 1 atom stereocenters. The molecule has 1 aromatic rings. The van der Waals surface area contributed by atoms with Crippen molar-refractivity contribution in [2.45, 2.75) is 37.2 Å². The van der Waals surface area contributed by atoms with E-state index < -0.39 is 15.8 Å². The number of benzene rings is 1. The maximum Gasteiger partial charge on any atom is 0.243 e. The highest BCUT2D eigenvalue weighted by molar-refractivity contribution is 7.89. The van der Waals surface area contributed by atoms with Crippen LogP contribution in [0.2, 0.25) is 0 Å². The van der Waals surface area contributed by atoms with Crippen molar-refractivity contribution in [3.63, 3.8) is 0 Å². The van der Waals surface area contributed by atoms with E-state index in [1.807, 2.05) is 6.92 Å². The van der Waals surface area contributed by atoms with Crippen LogP contribution in [0.15, 0.2) is 23.1 Å². The minimum atomic E-state index is -3.58. The summed E-state index contributed by atoms with van der Waals surface area (Å²) in [5, 5.41) is 0. The lowest BCUT2D eigenvalue weighted by Crippen LogP contribution is -2.36. The van der Waals surface area contributed by atoms with E-state index in [1.54, 1.807) is 7.05 Å². The van der Waals surface area contributed by atoms with Gasteiger partial charge in [-0.15, -0.1) is 0 Å². The summed E-state index contributed by atoms with van der Waals surface area (Å²) >= 11 is 0. The molecule has 1 fully saturated rings. The van der Waals surface area contributed by atoms with Crippen LogP contribution in [0.5, 0.6) is 0 Å². The maximum absolute atomic E-state index is 13.4. The van der Waals surface area contributed by atoms with Gasteiger partial charge in [0.25, 0.3) is 0 Å². The van der Waals surface area contributed by atoms with Crippen LogP contribution < -0.4 is 5.73 Å². The Kier molecular flexibility index (Phi) is 3.94. The second-order valence-electron chi connectivity index (χ2n) is 5.06. The van der Waals surface area contributed by atoms with E-state index in [1.165, 1.54) is 16.4 Å². The molecule has 0 aliphatic heterocycles. The standard InChI is InChI=1S/C13H19FN2O2S/c1-9(10-3-4-10)16(2)19(17,18)12-5-6-13(14)11(7-12)8-15/h5-7,9-10H,3-4,8,15H2,1-2H3. The predicted octanol–water partition coefficient (Wildman–Crippen LogP) is 1.70. The Balaban J connectivity index is 2.33. The van der Waals surface area contributed by atoms with Gasteiger partial charge in [-0.1, -0.05) is 0 Å². The lowest BCUT2D eigenvalue weighted by atomic mass is 10.2. The number of halogens is 1. The summed E-state index contributed by atoms with van der Waals surface area (Å²) in [6.07, 6.45) is 2.14. The van der Waals surface area contributed by atoms with Crippen molar-refractivity contribution in [2.24, 2.45) is 11.7 Å². The zero-order chi connectivity index (χ0) is 14.2. The zero-order valence-corrected chi connectivity index (χ0v) is 12.0. The Bertz CT molecular complexity index is 570. The number of nitrogens with two attached hydrogens (primary N) is 1. The van der Waals surface area contributed by atoms with Gasteiger partial charge in [0, 0.05) is 25.2 Å². The molecule has 1 saturated carbocycles. The molecule has 0 heterocycles. The van der Waals surface area contributed by atoms with Gasteiger partial charge < -0.3 is 5.73 Å². The lowest BCUT2D eigenvalue weighted by molar-refractivity contribution is 0.357. The second-order valence-corrected chi connectivity index (χ2v) is 7.05. The highest BCUT2D eigenvalue weighted by atomic mass is 32.2. The molecule has 0 radical (unpaired) electrons.